The molecular formula is C13H23N3O3S. The van der Waals surface area contributed by atoms with Gasteiger partial charge in [-0.3, -0.25) is 5.10 Å². The molecule has 7 heteroatoms. The van der Waals surface area contributed by atoms with Crippen LogP contribution < -0.4 is 4.72 Å². The summed E-state index contributed by atoms with van der Waals surface area (Å²) >= 11 is 0. The van der Waals surface area contributed by atoms with Crippen molar-refractivity contribution in [2.24, 2.45) is 5.92 Å². The number of aryl methyl sites for hydroxylation is 1. The Bertz CT molecular complexity index is 553. The summed E-state index contributed by atoms with van der Waals surface area (Å²) in [6, 6.07) is -0.0257. The second kappa shape index (κ2) is 6.24. The molecule has 2 unspecified atom stereocenters. The molecular weight excluding hydrogens is 278 g/mol. The van der Waals surface area contributed by atoms with Gasteiger partial charge in [0.25, 0.3) is 10.0 Å². The second-order valence-electron chi connectivity index (χ2n) is 5.55. The fourth-order valence-corrected chi connectivity index (χ4v) is 4.35. The number of nitrogens with one attached hydrogen (secondary N) is 2. The molecule has 1 aromatic heterocycles. The number of aliphatic hydroxyl groups excluding tert-OH is 1. The van der Waals surface area contributed by atoms with Crippen LogP contribution in [0, 0.1) is 12.8 Å². The van der Waals surface area contributed by atoms with Crippen molar-refractivity contribution in [1.29, 1.82) is 0 Å². The van der Waals surface area contributed by atoms with Crippen molar-refractivity contribution in [3.63, 3.8) is 0 Å². The Balaban J connectivity index is 2.14. The molecule has 0 spiro atoms. The van der Waals surface area contributed by atoms with Gasteiger partial charge in [-0.2, -0.15) is 5.10 Å². The Kier molecular flexibility index (Phi) is 4.82. The van der Waals surface area contributed by atoms with Crippen LogP contribution in [0.2, 0.25) is 0 Å². The van der Waals surface area contributed by atoms with Crippen molar-refractivity contribution in [1.82, 2.24) is 14.9 Å². The van der Waals surface area contributed by atoms with Gasteiger partial charge in [0, 0.05) is 17.3 Å². The maximum atomic E-state index is 12.4. The minimum Gasteiger partial charge on any atom is -0.392 e. The zero-order valence-corrected chi connectivity index (χ0v) is 12.8. The number of hydrogen-bond acceptors (Lipinski definition) is 4. The molecule has 0 radical (unpaired) electrons. The molecule has 1 aliphatic rings. The minimum absolute atomic E-state index is 0.0257. The first-order chi connectivity index (χ1) is 9.47. The van der Waals surface area contributed by atoms with E-state index < -0.39 is 10.0 Å². The highest BCUT2D eigenvalue weighted by Gasteiger charge is 2.29. The number of aromatic nitrogens is 2. The van der Waals surface area contributed by atoms with E-state index in [1.807, 2.05) is 0 Å². The number of sulfonamides is 1. The molecule has 3 N–H and O–H groups in total. The van der Waals surface area contributed by atoms with Crippen molar-refractivity contribution in [3.8, 4) is 0 Å². The third-order valence-corrected chi connectivity index (χ3v) is 5.62. The summed E-state index contributed by atoms with van der Waals surface area (Å²) in [6.45, 7) is 3.51. The predicted octanol–water partition coefficient (Wildman–Crippen LogP) is 1.46. The van der Waals surface area contributed by atoms with Gasteiger partial charge in [-0.15, -0.1) is 0 Å². The van der Waals surface area contributed by atoms with Crippen LogP contribution in [0.1, 0.15) is 50.3 Å². The van der Waals surface area contributed by atoms with E-state index in [2.05, 4.69) is 21.8 Å². The second-order valence-corrected chi connectivity index (χ2v) is 7.18. The third kappa shape index (κ3) is 3.21. The summed E-state index contributed by atoms with van der Waals surface area (Å²) in [4.78, 5) is 0. The largest absolute Gasteiger partial charge is 0.392 e. The van der Waals surface area contributed by atoms with Gasteiger partial charge in [-0.1, -0.05) is 26.2 Å². The van der Waals surface area contributed by atoms with Crippen LogP contribution in [0.5, 0.6) is 0 Å². The van der Waals surface area contributed by atoms with Gasteiger partial charge in [-0.25, -0.2) is 13.1 Å². The van der Waals surface area contributed by atoms with Gasteiger partial charge < -0.3 is 5.11 Å². The van der Waals surface area contributed by atoms with E-state index in [9.17, 15) is 13.5 Å². The van der Waals surface area contributed by atoms with Crippen LogP contribution in [0.4, 0.5) is 0 Å². The standard InChI is InChI=1S/C13H23N3O3S/c1-3-10-5-4-6-11(7-10)16-20(18,19)13-12(8-17)9(2)14-15-13/h10-11,16-17H,3-8H2,1-2H3,(H,14,15). The van der Waals surface area contributed by atoms with Gasteiger partial charge in [0.1, 0.15) is 0 Å². The summed E-state index contributed by atoms with van der Waals surface area (Å²) in [5.41, 5.74) is 0.934. The van der Waals surface area contributed by atoms with Gasteiger partial charge in [0.2, 0.25) is 0 Å². The molecule has 1 fully saturated rings. The summed E-state index contributed by atoms with van der Waals surface area (Å²) < 4.78 is 27.5. The maximum absolute atomic E-state index is 12.4. The van der Waals surface area contributed by atoms with E-state index in [1.165, 1.54) is 6.42 Å². The van der Waals surface area contributed by atoms with Crippen molar-refractivity contribution in [2.75, 3.05) is 0 Å². The fourth-order valence-electron chi connectivity index (χ4n) is 2.88. The van der Waals surface area contributed by atoms with E-state index >= 15 is 0 Å². The monoisotopic (exact) mass is 301 g/mol. The normalized spacial score (nSPS) is 23.9. The number of rotatable bonds is 5. The van der Waals surface area contributed by atoms with Crippen molar-refractivity contribution in [3.05, 3.63) is 11.3 Å². The van der Waals surface area contributed by atoms with E-state index in [-0.39, 0.29) is 17.7 Å². The zero-order chi connectivity index (χ0) is 14.8. The van der Waals surface area contributed by atoms with Crippen LogP contribution in [-0.4, -0.2) is 29.8 Å². The number of aromatic amines is 1. The molecule has 0 bridgehead atoms. The topological polar surface area (TPSA) is 95.1 Å². The molecule has 0 saturated heterocycles. The Morgan fingerprint density at radius 2 is 2.20 bits per heavy atom. The molecule has 2 atom stereocenters. The van der Waals surface area contributed by atoms with E-state index in [0.29, 0.717) is 17.2 Å². The minimum atomic E-state index is -3.67. The Hall–Kier alpha value is -0.920. The maximum Gasteiger partial charge on any atom is 0.260 e. The van der Waals surface area contributed by atoms with Crippen LogP contribution in [0.15, 0.2) is 5.03 Å². The van der Waals surface area contributed by atoms with Gasteiger partial charge in [-0.05, 0) is 25.7 Å². The molecule has 6 nitrogen and oxygen atoms in total. The number of hydrogen-bond donors (Lipinski definition) is 3. The van der Waals surface area contributed by atoms with E-state index in [4.69, 9.17) is 0 Å². The van der Waals surface area contributed by atoms with E-state index in [1.54, 1.807) is 6.92 Å². The smallest absolute Gasteiger partial charge is 0.260 e. The molecule has 1 aromatic rings. The molecule has 1 heterocycles. The van der Waals surface area contributed by atoms with Crippen LogP contribution in [0.25, 0.3) is 0 Å². The fraction of sp³-hybridized carbons (Fsp3) is 0.769. The number of H-pyrrole nitrogens is 1. The molecule has 1 saturated carbocycles. The number of aliphatic hydroxyl groups is 1. The molecule has 1 aliphatic carbocycles. The summed E-state index contributed by atoms with van der Waals surface area (Å²) in [5.74, 6) is 0.592. The Labute approximate surface area is 120 Å². The molecule has 0 aromatic carbocycles. The molecule has 20 heavy (non-hydrogen) atoms. The van der Waals surface area contributed by atoms with Gasteiger partial charge >= 0.3 is 0 Å². The number of nitrogens with zero attached hydrogens (tertiary/aromatic N) is 1. The predicted molar refractivity (Wildman–Crippen MR) is 75.6 cm³/mol. The lowest BCUT2D eigenvalue weighted by atomic mass is 9.85. The summed E-state index contributed by atoms with van der Waals surface area (Å²) in [7, 11) is -3.67. The highest BCUT2D eigenvalue weighted by Crippen LogP contribution is 2.28. The third-order valence-electron chi connectivity index (χ3n) is 4.13. The molecule has 0 aliphatic heterocycles. The average Bonchev–Trinajstić information content (AvgIpc) is 2.80. The summed E-state index contributed by atoms with van der Waals surface area (Å²) in [5, 5.41) is 15.7. The molecule has 0 amide bonds. The van der Waals surface area contributed by atoms with Crippen LogP contribution in [-0.2, 0) is 16.6 Å². The Morgan fingerprint density at radius 1 is 1.45 bits per heavy atom. The zero-order valence-electron chi connectivity index (χ0n) is 12.0. The molecule has 2 rings (SSSR count). The average molecular weight is 301 g/mol. The quantitative estimate of drug-likeness (QED) is 0.767. The lowest BCUT2D eigenvalue weighted by molar-refractivity contribution is 0.277. The van der Waals surface area contributed by atoms with Crippen molar-refractivity contribution in [2.45, 2.75) is 63.6 Å². The summed E-state index contributed by atoms with van der Waals surface area (Å²) in [6.07, 6.45) is 5.07. The van der Waals surface area contributed by atoms with Crippen LogP contribution in [0.3, 0.4) is 0 Å². The van der Waals surface area contributed by atoms with Gasteiger partial charge in [0.15, 0.2) is 5.03 Å². The first kappa shape index (κ1) is 15.5. The van der Waals surface area contributed by atoms with Crippen molar-refractivity contribution < 1.29 is 13.5 Å². The SMILES string of the molecule is CCC1CCCC(NS(=O)(=O)c2n[nH]c(C)c2CO)C1. The lowest BCUT2D eigenvalue weighted by Gasteiger charge is -2.28. The lowest BCUT2D eigenvalue weighted by Crippen LogP contribution is -2.38. The van der Waals surface area contributed by atoms with Crippen molar-refractivity contribution >= 4 is 10.0 Å². The van der Waals surface area contributed by atoms with E-state index in [0.717, 1.165) is 25.7 Å². The first-order valence-electron chi connectivity index (χ1n) is 7.15. The highest BCUT2D eigenvalue weighted by molar-refractivity contribution is 7.89. The highest BCUT2D eigenvalue weighted by atomic mass is 32.2. The Morgan fingerprint density at radius 3 is 2.85 bits per heavy atom. The van der Waals surface area contributed by atoms with Gasteiger partial charge in [0.05, 0.1) is 6.61 Å². The first-order valence-corrected chi connectivity index (χ1v) is 8.63. The molecule has 114 valence electrons. The van der Waals surface area contributed by atoms with Crippen LogP contribution >= 0.6 is 0 Å².